The van der Waals surface area contributed by atoms with E-state index in [1.165, 1.54) is 11.1 Å². The molecule has 2 nitrogen and oxygen atoms in total. The van der Waals surface area contributed by atoms with Gasteiger partial charge >= 0.3 is 0 Å². The van der Waals surface area contributed by atoms with Crippen LogP contribution in [-0.4, -0.2) is 6.54 Å². The summed E-state index contributed by atoms with van der Waals surface area (Å²) in [6.07, 6.45) is 0. The molecule has 0 saturated heterocycles. The summed E-state index contributed by atoms with van der Waals surface area (Å²) < 4.78 is 7.20. The molecule has 0 aliphatic heterocycles. The average molecular weight is 348 g/mol. The van der Waals surface area contributed by atoms with Gasteiger partial charge in [0.1, 0.15) is 11.5 Å². The summed E-state index contributed by atoms with van der Waals surface area (Å²) in [6, 6.07) is 12.7. The number of nitrogens with one attached hydrogen (secondary N) is 1. The van der Waals surface area contributed by atoms with E-state index in [4.69, 9.17) is 4.74 Å². The average Bonchev–Trinajstić information content (AvgIpc) is 2.42. The second-order valence-electron chi connectivity index (χ2n) is 5.33. The maximum Gasteiger partial charge on any atom is 0.133 e. The summed E-state index contributed by atoms with van der Waals surface area (Å²) in [5, 5.41) is 3.44. The van der Waals surface area contributed by atoms with Crippen LogP contribution >= 0.6 is 15.9 Å². The topological polar surface area (TPSA) is 21.3 Å². The fourth-order valence-electron chi connectivity index (χ4n) is 2.40. The van der Waals surface area contributed by atoms with Crippen LogP contribution in [0.15, 0.2) is 40.9 Å². The number of aryl methyl sites for hydroxylation is 2. The van der Waals surface area contributed by atoms with E-state index in [1.54, 1.807) is 0 Å². The van der Waals surface area contributed by atoms with Crippen molar-refractivity contribution in [2.45, 2.75) is 33.7 Å². The molecule has 1 atom stereocenters. The molecule has 0 aromatic heterocycles. The van der Waals surface area contributed by atoms with E-state index in [0.717, 1.165) is 28.1 Å². The van der Waals surface area contributed by atoms with Crippen molar-refractivity contribution in [2.75, 3.05) is 6.54 Å². The fraction of sp³-hybridized carbons (Fsp3) is 0.333. The van der Waals surface area contributed by atoms with Crippen LogP contribution in [0.25, 0.3) is 0 Å². The third-order valence-corrected chi connectivity index (χ3v) is 4.00. The largest absolute Gasteiger partial charge is 0.457 e. The lowest BCUT2D eigenvalue weighted by Gasteiger charge is -2.19. The van der Waals surface area contributed by atoms with Gasteiger partial charge in [-0.3, -0.25) is 0 Å². The molecule has 0 spiro atoms. The maximum atomic E-state index is 6.17. The zero-order valence-corrected chi connectivity index (χ0v) is 14.6. The molecule has 0 amide bonds. The first kappa shape index (κ1) is 16.1. The Kier molecular flexibility index (Phi) is 5.43. The molecule has 0 aliphatic rings. The summed E-state index contributed by atoms with van der Waals surface area (Å²) in [7, 11) is 0. The number of hydrogen-bond acceptors (Lipinski definition) is 2. The summed E-state index contributed by atoms with van der Waals surface area (Å²) in [5.41, 5.74) is 3.56. The zero-order chi connectivity index (χ0) is 15.4. The van der Waals surface area contributed by atoms with Gasteiger partial charge in [-0.05, 0) is 51.1 Å². The van der Waals surface area contributed by atoms with Crippen molar-refractivity contribution in [1.82, 2.24) is 5.32 Å². The highest BCUT2D eigenvalue weighted by Crippen LogP contribution is 2.33. The van der Waals surface area contributed by atoms with Crippen LogP contribution in [0.4, 0.5) is 0 Å². The quantitative estimate of drug-likeness (QED) is 0.767. The monoisotopic (exact) mass is 347 g/mol. The fourth-order valence-corrected chi connectivity index (χ4v) is 2.74. The molecule has 0 fully saturated rings. The van der Waals surface area contributed by atoms with E-state index >= 15 is 0 Å². The minimum atomic E-state index is 0.254. The summed E-state index contributed by atoms with van der Waals surface area (Å²) >= 11 is 3.53. The van der Waals surface area contributed by atoms with Gasteiger partial charge in [-0.2, -0.15) is 0 Å². The van der Waals surface area contributed by atoms with Gasteiger partial charge in [0, 0.05) is 16.1 Å². The van der Waals surface area contributed by atoms with Crippen LogP contribution in [-0.2, 0) is 0 Å². The predicted octanol–water partition coefficient (Wildman–Crippen LogP) is 5.53. The van der Waals surface area contributed by atoms with Gasteiger partial charge in [-0.1, -0.05) is 46.6 Å². The number of ether oxygens (including phenoxy) is 1. The lowest BCUT2D eigenvalue weighted by molar-refractivity contribution is 0.459. The summed E-state index contributed by atoms with van der Waals surface area (Å²) in [5.74, 6) is 1.80. The van der Waals surface area contributed by atoms with E-state index in [9.17, 15) is 0 Å². The SMILES string of the molecule is CCNC(C)c1ccc(Br)cc1Oc1ccc(C)cc1C. The molecule has 1 unspecified atom stereocenters. The van der Waals surface area contributed by atoms with Crippen molar-refractivity contribution in [3.8, 4) is 11.5 Å². The molecule has 21 heavy (non-hydrogen) atoms. The zero-order valence-electron chi connectivity index (χ0n) is 13.0. The van der Waals surface area contributed by atoms with Crippen molar-refractivity contribution in [1.29, 1.82) is 0 Å². The smallest absolute Gasteiger partial charge is 0.133 e. The molecule has 3 heteroatoms. The van der Waals surface area contributed by atoms with Crippen molar-refractivity contribution in [3.05, 3.63) is 57.6 Å². The standard InChI is InChI=1S/C18H22BrNO/c1-5-20-14(4)16-8-7-15(19)11-18(16)21-17-9-6-12(2)10-13(17)3/h6-11,14,20H,5H2,1-4H3. The van der Waals surface area contributed by atoms with Crippen LogP contribution in [0.1, 0.15) is 36.6 Å². The second-order valence-corrected chi connectivity index (χ2v) is 6.25. The molecule has 2 aromatic carbocycles. The van der Waals surface area contributed by atoms with Gasteiger partial charge in [0.15, 0.2) is 0 Å². The minimum Gasteiger partial charge on any atom is -0.457 e. The molecule has 0 saturated carbocycles. The number of rotatable bonds is 5. The normalized spacial score (nSPS) is 12.2. The number of halogens is 1. The van der Waals surface area contributed by atoms with Crippen molar-refractivity contribution >= 4 is 15.9 Å². The molecule has 2 aromatic rings. The van der Waals surface area contributed by atoms with Crippen molar-refractivity contribution in [2.24, 2.45) is 0 Å². The van der Waals surface area contributed by atoms with E-state index in [-0.39, 0.29) is 6.04 Å². The maximum absolute atomic E-state index is 6.17. The second kappa shape index (κ2) is 7.10. The van der Waals surface area contributed by atoms with Crippen LogP contribution in [0.3, 0.4) is 0 Å². The van der Waals surface area contributed by atoms with Gasteiger partial charge in [0.05, 0.1) is 0 Å². The van der Waals surface area contributed by atoms with Crippen LogP contribution in [0.5, 0.6) is 11.5 Å². The lowest BCUT2D eigenvalue weighted by Crippen LogP contribution is -2.18. The molecule has 2 rings (SSSR count). The Morgan fingerprint density at radius 1 is 1.10 bits per heavy atom. The van der Waals surface area contributed by atoms with Gasteiger partial charge in [0.25, 0.3) is 0 Å². The van der Waals surface area contributed by atoms with Gasteiger partial charge in [0.2, 0.25) is 0 Å². The third-order valence-electron chi connectivity index (χ3n) is 3.50. The summed E-state index contributed by atoms with van der Waals surface area (Å²) in [4.78, 5) is 0. The molecule has 0 aliphatic carbocycles. The Morgan fingerprint density at radius 2 is 1.86 bits per heavy atom. The van der Waals surface area contributed by atoms with Crippen LogP contribution < -0.4 is 10.1 Å². The lowest BCUT2D eigenvalue weighted by atomic mass is 10.1. The first-order valence-electron chi connectivity index (χ1n) is 7.29. The van der Waals surface area contributed by atoms with E-state index in [1.807, 2.05) is 12.1 Å². The predicted molar refractivity (Wildman–Crippen MR) is 92.2 cm³/mol. The Morgan fingerprint density at radius 3 is 2.52 bits per heavy atom. The Labute approximate surface area is 135 Å². The van der Waals surface area contributed by atoms with Gasteiger partial charge < -0.3 is 10.1 Å². The van der Waals surface area contributed by atoms with Crippen LogP contribution in [0.2, 0.25) is 0 Å². The Bertz CT molecular complexity index is 625. The van der Waals surface area contributed by atoms with Gasteiger partial charge in [-0.25, -0.2) is 0 Å². The van der Waals surface area contributed by atoms with E-state index in [0.29, 0.717) is 0 Å². The molecule has 1 N–H and O–H groups in total. The molecular weight excluding hydrogens is 326 g/mol. The first-order chi connectivity index (χ1) is 10.0. The molecule has 0 heterocycles. The first-order valence-corrected chi connectivity index (χ1v) is 8.08. The molecular formula is C18H22BrNO. The molecule has 112 valence electrons. The van der Waals surface area contributed by atoms with E-state index in [2.05, 4.69) is 73.2 Å². The van der Waals surface area contributed by atoms with Gasteiger partial charge in [-0.15, -0.1) is 0 Å². The summed E-state index contributed by atoms with van der Waals surface area (Å²) in [6.45, 7) is 9.37. The minimum absolute atomic E-state index is 0.254. The Hall–Kier alpha value is -1.32. The molecule has 0 bridgehead atoms. The van der Waals surface area contributed by atoms with Crippen molar-refractivity contribution < 1.29 is 4.74 Å². The van der Waals surface area contributed by atoms with Crippen molar-refractivity contribution in [3.63, 3.8) is 0 Å². The highest BCUT2D eigenvalue weighted by atomic mass is 79.9. The number of hydrogen-bond donors (Lipinski definition) is 1. The highest BCUT2D eigenvalue weighted by Gasteiger charge is 2.13. The Balaban J connectivity index is 2.35. The van der Waals surface area contributed by atoms with Crippen LogP contribution in [0, 0.1) is 13.8 Å². The molecule has 0 radical (unpaired) electrons. The third kappa shape index (κ3) is 4.08. The van der Waals surface area contributed by atoms with E-state index < -0.39 is 0 Å². The number of benzene rings is 2. The highest BCUT2D eigenvalue weighted by molar-refractivity contribution is 9.10.